The number of carbonyl (C=O) groups excluding carboxylic acids is 1. The van der Waals surface area contributed by atoms with Crippen LogP contribution in [0.1, 0.15) is 24.0 Å². The molecular formula is C24H28N4O3S. The van der Waals surface area contributed by atoms with Crippen LogP contribution < -0.4 is 4.90 Å². The number of piperazine rings is 1. The van der Waals surface area contributed by atoms with E-state index in [9.17, 15) is 13.2 Å². The zero-order valence-electron chi connectivity index (χ0n) is 18.3. The van der Waals surface area contributed by atoms with E-state index in [4.69, 9.17) is 5.26 Å². The molecule has 4 rings (SSSR count). The smallest absolute Gasteiger partial charge is 0.243 e. The summed E-state index contributed by atoms with van der Waals surface area (Å²) in [5.41, 5.74) is 2.85. The van der Waals surface area contributed by atoms with Gasteiger partial charge in [0.1, 0.15) is 0 Å². The largest absolute Gasteiger partial charge is 0.368 e. The number of carbonyl (C=O) groups is 1. The van der Waals surface area contributed by atoms with Crippen molar-refractivity contribution in [1.29, 1.82) is 5.26 Å². The molecule has 7 nitrogen and oxygen atoms in total. The van der Waals surface area contributed by atoms with Crippen molar-refractivity contribution in [3.63, 3.8) is 0 Å². The van der Waals surface area contributed by atoms with Crippen LogP contribution in [-0.4, -0.2) is 62.8 Å². The summed E-state index contributed by atoms with van der Waals surface area (Å²) in [5, 5.41) is 8.90. The highest BCUT2D eigenvalue weighted by Crippen LogP contribution is 2.26. The first kappa shape index (κ1) is 22.3. The second kappa shape index (κ2) is 9.31. The molecule has 2 aliphatic heterocycles. The van der Waals surface area contributed by atoms with Gasteiger partial charge in [0, 0.05) is 50.9 Å². The third-order valence-electron chi connectivity index (χ3n) is 6.38. The number of rotatable bonds is 4. The number of benzene rings is 2. The number of hydrogen-bond acceptors (Lipinski definition) is 5. The first-order valence-corrected chi connectivity index (χ1v) is 12.4. The molecule has 1 amide bonds. The molecule has 0 radical (unpaired) electrons. The molecule has 32 heavy (non-hydrogen) atoms. The molecule has 8 heteroatoms. The Hall–Kier alpha value is -2.89. The maximum atomic E-state index is 13.1. The number of aryl methyl sites for hydroxylation is 1. The fourth-order valence-corrected chi connectivity index (χ4v) is 5.93. The zero-order valence-corrected chi connectivity index (χ0v) is 19.1. The minimum Gasteiger partial charge on any atom is -0.368 e. The molecule has 0 saturated carbocycles. The lowest BCUT2D eigenvalue weighted by Gasteiger charge is -2.39. The number of amides is 1. The van der Waals surface area contributed by atoms with E-state index >= 15 is 0 Å². The third kappa shape index (κ3) is 4.64. The lowest BCUT2D eigenvalue weighted by molar-refractivity contribution is -0.137. The lowest BCUT2D eigenvalue weighted by Crippen LogP contribution is -2.52. The van der Waals surface area contributed by atoms with Gasteiger partial charge in [-0.05, 0) is 61.7 Å². The number of anilines is 1. The van der Waals surface area contributed by atoms with Gasteiger partial charge in [-0.1, -0.05) is 12.1 Å². The van der Waals surface area contributed by atoms with E-state index in [1.807, 2.05) is 11.0 Å². The van der Waals surface area contributed by atoms with Crippen molar-refractivity contribution in [3.8, 4) is 6.07 Å². The number of sulfonamides is 1. The maximum absolute atomic E-state index is 13.1. The van der Waals surface area contributed by atoms with Crippen LogP contribution in [-0.2, 0) is 14.8 Å². The molecule has 168 valence electrons. The van der Waals surface area contributed by atoms with Crippen molar-refractivity contribution in [3.05, 3.63) is 59.7 Å². The van der Waals surface area contributed by atoms with Crippen molar-refractivity contribution in [1.82, 2.24) is 9.21 Å². The average Bonchev–Trinajstić information content (AvgIpc) is 2.84. The third-order valence-corrected chi connectivity index (χ3v) is 8.30. The number of piperidine rings is 1. The molecule has 2 saturated heterocycles. The molecule has 0 unspecified atom stereocenters. The summed E-state index contributed by atoms with van der Waals surface area (Å²) in [7, 11) is -3.61. The Kier molecular flexibility index (Phi) is 6.49. The highest BCUT2D eigenvalue weighted by Gasteiger charge is 2.34. The van der Waals surface area contributed by atoms with E-state index in [0.29, 0.717) is 44.6 Å². The Bertz CT molecular complexity index is 1110. The van der Waals surface area contributed by atoms with Gasteiger partial charge in [-0.3, -0.25) is 4.79 Å². The van der Waals surface area contributed by atoms with Gasteiger partial charge < -0.3 is 9.80 Å². The molecule has 0 bridgehead atoms. The van der Waals surface area contributed by atoms with Crippen LogP contribution >= 0.6 is 0 Å². The van der Waals surface area contributed by atoms with Crippen LogP contribution in [0.15, 0.2) is 53.4 Å². The maximum Gasteiger partial charge on any atom is 0.243 e. The Morgan fingerprint density at radius 3 is 2.22 bits per heavy atom. The molecule has 0 N–H and O–H groups in total. The Morgan fingerprint density at radius 2 is 1.62 bits per heavy atom. The van der Waals surface area contributed by atoms with Crippen molar-refractivity contribution in [2.45, 2.75) is 24.7 Å². The number of nitriles is 1. The SMILES string of the molecule is Cc1cccc(N2CCN(C(=O)C3CCN(S(=O)(=O)c4ccc(C#N)cc4)CC3)CC2)c1. The summed E-state index contributed by atoms with van der Waals surface area (Å²) < 4.78 is 27.3. The van der Waals surface area contributed by atoms with Gasteiger partial charge in [0.2, 0.25) is 15.9 Å². The van der Waals surface area contributed by atoms with Crippen LogP contribution in [0.4, 0.5) is 5.69 Å². The van der Waals surface area contributed by atoms with Crippen LogP contribution in [0.2, 0.25) is 0 Å². The summed E-state index contributed by atoms with van der Waals surface area (Å²) >= 11 is 0. The molecule has 0 spiro atoms. The molecule has 0 atom stereocenters. The lowest BCUT2D eigenvalue weighted by atomic mass is 9.96. The Balaban J connectivity index is 1.31. The van der Waals surface area contributed by atoms with Crippen molar-refractivity contribution in [2.24, 2.45) is 5.92 Å². The predicted molar refractivity (Wildman–Crippen MR) is 123 cm³/mol. The topological polar surface area (TPSA) is 84.7 Å². The van der Waals surface area contributed by atoms with Gasteiger partial charge in [0.05, 0.1) is 16.5 Å². The molecule has 2 aromatic rings. The first-order valence-electron chi connectivity index (χ1n) is 11.0. The highest BCUT2D eigenvalue weighted by molar-refractivity contribution is 7.89. The molecule has 2 fully saturated rings. The predicted octanol–water partition coefficient (Wildman–Crippen LogP) is 2.62. The monoisotopic (exact) mass is 452 g/mol. The van der Waals surface area contributed by atoms with E-state index in [0.717, 1.165) is 13.1 Å². The van der Waals surface area contributed by atoms with Crippen molar-refractivity contribution in [2.75, 3.05) is 44.2 Å². The summed E-state index contributed by atoms with van der Waals surface area (Å²) in [6.07, 6.45) is 1.07. The van der Waals surface area contributed by atoms with Crippen LogP contribution in [0.3, 0.4) is 0 Å². The van der Waals surface area contributed by atoms with Gasteiger partial charge >= 0.3 is 0 Å². The molecule has 2 aromatic carbocycles. The minimum atomic E-state index is -3.61. The van der Waals surface area contributed by atoms with Gasteiger partial charge in [-0.25, -0.2) is 8.42 Å². The fraction of sp³-hybridized carbons (Fsp3) is 0.417. The highest BCUT2D eigenvalue weighted by atomic mass is 32.2. The summed E-state index contributed by atoms with van der Waals surface area (Å²) in [4.78, 5) is 17.5. The first-order chi connectivity index (χ1) is 15.4. The average molecular weight is 453 g/mol. The van der Waals surface area contributed by atoms with E-state index in [1.54, 1.807) is 0 Å². The van der Waals surface area contributed by atoms with Crippen LogP contribution in [0.5, 0.6) is 0 Å². The number of nitrogens with zero attached hydrogens (tertiary/aromatic N) is 4. The van der Waals surface area contributed by atoms with E-state index in [1.165, 1.54) is 39.8 Å². The normalized spacial score (nSPS) is 18.4. The zero-order chi connectivity index (χ0) is 22.7. The van der Waals surface area contributed by atoms with Crippen LogP contribution in [0.25, 0.3) is 0 Å². The molecular weight excluding hydrogens is 424 g/mol. The minimum absolute atomic E-state index is 0.132. The quantitative estimate of drug-likeness (QED) is 0.712. The van der Waals surface area contributed by atoms with Gasteiger partial charge in [-0.2, -0.15) is 9.57 Å². The molecule has 0 aromatic heterocycles. The molecule has 0 aliphatic carbocycles. The fourth-order valence-electron chi connectivity index (χ4n) is 4.46. The van der Waals surface area contributed by atoms with Crippen molar-refractivity contribution >= 4 is 21.6 Å². The van der Waals surface area contributed by atoms with E-state index in [2.05, 4.69) is 36.1 Å². The summed E-state index contributed by atoms with van der Waals surface area (Å²) in [5.74, 6) is 0.0113. The second-order valence-corrected chi connectivity index (χ2v) is 10.4. The number of hydrogen-bond donors (Lipinski definition) is 0. The second-order valence-electron chi connectivity index (χ2n) is 8.47. The van der Waals surface area contributed by atoms with E-state index < -0.39 is 10.0 Å². The summed E-state index contributed by atoms with van der Waals surface area (Å²) in [6, 6.07) is 16.4. The van der Waals surface area contributed by atoms with E-state index in [-0.39, 0.29) is 16.7 Å². The summed E-state index contributed by atoms with van der Waals surface area (Å²) in [6.45, 7) is 5.75. The van der Waals surface area contributed by atoms with Crippen LogP contribution in [0, 0.1) is 24.2 Å². The molecule has 2 aliphatic rings. The van der Waals surface area contributed by atoms with Gasteiger partial charge in [-0.15, -0.1) is 0 Å². The Morgan fingerprint density at radius 1 is 0.969 bits per heavy atom. The molecule has 2 heterocycles. The van der Waals surface area contributed by atoms with Gasteiger partial charge in [0.25, 0.3) is 0 Å². The van der Waals surface area contributed by atoms with Gasteiger partial charge in [0.15, 0.2) is 0 Å². The Labute approximate surface area is 189 Å². The van der Waals surface area contributed by atoms with Crippen molar-refractivity contribution < 1.29 is 13.2 Å². The standard InChI is InChI=1S/C24H28N4O3S/c1-19-3-2-4-22(17-19)26-13-15-27(16-14-26)24(29)21-9-11-28(12-10-21)32(30,31)23-7-5-20(18-25)6-8-23/h2-8,17,21H,9-16H2,1H3.